The lowest BCUT2D eigenvalue weighted by molar-refractivity contribution is -0.176. The minimum absolute atomic E-state index is 0.187. The molecule has 0 aromatic heterocycles. The van der Waals surface area contributed by atoms with Gasteiger partial charge in [-0.05, 0) is 35.4 Å². The number of carbonyl (C=O) groups excluding carboxylic acids is 2. The third-order valence-corrected chi connectivity index (χ3v) is 3.43. The van der Waals surface area contributed by atoms with Crippen LogP contribution < -0.4 is 16.4 Å². The number of nitrogens with two attached hydrogens (primary N) is 1. The molecule has 6 nitrogen and oxygen atoms in total. The third-order valence-electron chi connectivity index (χ3n) is 3.43. The van der Waals surface area contributed by atoms with Crippen molar-refractivity contribution in [2.75, 3.05) is 11.9 Å². The highest BCUT2D eigenvalue weighted by Gasteiger charge is 2.27. The standard InChI is InChI=1S/C18H18F3N3O3/c19-18(20,21)11-27-10-13-1-5-14(6-2-13)16(25)23-9-12-3-7-15(8-4-12)24-17(22)26/h1-8H,9-11H2,(H,23,25)(H3,22,24,26). The molecule has 4 N–H and O–H groups in total. The zero-order chi connectivity index (χ0) is 19.9. The monoisotopic (exact) mass is 381 g/mol. The first-order valence-corrected chi connectivity index (χ1v) is 7.90. The number of amides is 3. The number of ether oxygens (including phenoxy) is 1. The Kier molecular flexibility index (Phi) is 6.78. The van der Waals surface area contributed by atoms with Crippen LogP contribution in [0.25, 0.3) is 0 Å². The summed E-state index contributed by atoms with van der Waals surface area (Å²) in [5.41, 5.74) is 7.29. The van der Waals surface area contributed by atoms with E-state index in [1.54, 1.807) is 24.3 Å². The van der Waals surface area contributed by atoms with Crippen LogP contribution in [-0.4, -0.2) is 24.7 Å². The quantitative estimate of drug-likeness (QED) is 0.688. The molecule has 0 radical (unpaired) electrons. The van der Waals surface area contributed by atoms with Crippen LogP contribution in [0.2, 0.25) is 0 Å². The van der Waals surface area contributed by atoms with Crippen LogP contribution in [0.15, 0.2) is 48.5 Å². The molecule has 0 atom stereocenters. The molecule has 0 aliphatic heterocycles. The van der Waals surface area contributed by atoms with Crippen molar-refractivity contribution >= 4 is 17.6 Å². The van der Waals surface area contributed by atoms with Crippen LogP contribution >= 0.6 is 0 Å². The smallest absolute Gasteiger partial charge is 0.367 e. The molecular formula is C18H18F3N3O3. The highest BCUT2D eigenvalue weighted by Crippen LogP contribution is 2.16. The molecule has 2 rings (SSSR count). The molecule has 0 unspecified atom stereocenters. The van der Waals surface area contributed by atoms with E-state index in [0.29, 0.717) is 16.8 Å². The summed E-state index contributed by atoms with van der Waals surface area (Å²) in [4.78, 5) is 22.9. The van der Waals surface area contributed by atoms with Crippen LogP contribution in [-0.2, 0) is 17.9 Å². The zero-order valence-electron chi connectivity index (χ0n) is 14.2. The van der Waals surface area contributed by atoms with Crippen LogP contribution in [0.4, 0.5) is 23.7 Å². The van der Waals surface area contributed by atoms with Crippen molar-refractivity contribution in [1.29, 1.82) is 0 Å². The van der Waals surface area contributed by atoms with Crippen molar-refractivity contribution in [3.8, 4) is 0 Å². The minimum Gasteiger partial charge on any atom is -0.367 e. The second-order valence-corrected chi connectivity index (χ2v) is 5.67. The Morgan fingerprint density at radius 3 is 2.11 bits per heavy atom. The molecule has 144 valence electrons. The summed E-state index contributed by atoms with van der Waals surface area (Å²) in [6.07, 6.45) is -4.37. The fourth-order valence-electron chi connectivity index (χ4n) is 2.17. The molecule has 0 spiro atoms. The van der Waals surface area contributed by atoms with E-state index < -0.39 is 18.8 Å². The lowest BCUT2D eigenvalue weighted by Crippen LogP contribution is -2.23. The number of halogens is 3. The highest BCUT2D eigenvalue weighted by molar-refractivity contribution is 5.94. The summed E-state index contributed by atoms with van der Waals surface area (Å²) in [5.74, 6) is -0.322. The molecule has 0 aliphatic carbocycles. The molecule has 0 fully saturated rings. The first-order chi connectivity index (χ1) is 12.7. The molecule has 3 amide bonds. The summed E-state index contributed by atoms with van der Waals surface area (Å²) in [6, 6.07) is 12.2. The zero-order valence-corrected chi connectivity index (χ0v) is 14.2. The third kappa shape index (κ3) is 7.37. The van der Waals surface area contributed by atoms with Gasteiger partial charge in [-0.15, -0.1) is 0 Å². The molecule has 2 aromatic carbocycles. The largest absolute Gasteiger partial charge is 0.411 e. The van der Waals surface area contributed by atoms with Crippen molar-refractivity contribution in [3.63, 3.8) is 0 Å². The molecule has 9 heteroatoms. The topological polar surface area (TPSA) is 93.5 Å². The number of benzene rings is 2. The van der Waals surface area contributed by atoms with Gasteiger partial charge in [0.2, 0.25) is 0 Å². The molecule has 0 aliphatic rings. The molecule has 2 aromatic rings. The van der Waals surface area contributed by atoms with Gasteiger partial charge < -0.3 is 21.1 Å². The molecule has 0 saturated carbocycles. The minimum atomic E-state index is -4.37. The van der Waals surface area contributed by atoms with E-state index in [4.69, 9.17) is 5.73 Å². The van der Waals surface area contributed by atoms with Crippen LogP contribution in [0.5, 0.6) is 0 Å². The number of primary amides is 1. The maximum Gasteiger partial charge on any atom is 0.411 e. The number of hydrogen-bond acceptors (Lipinski definition) is 3. The Hall–Kier alpha value is -3.07. The highest BCUT2D eigenvalue weighted by atomic mass is 19.4. The van der Waals surface area contributed by atoms with Gasteiger partial charge in [-0.25, -0.2) is 4.79 Å². The van der Waals surface area contributed by atoms with Crippen LogP contribution in [0.3, 0.4) is 0 Å². The Labute approximate surface area is 153 Å². The predicted molar refractivity (Wildman–Crippen MR) is 93.0 cm³/mol. The number of urea groups is 1. The lowest BCUT2D eigenvalue weighted by Gasteiger charge is -2.09. The summed E-state index contributed by atoms with van der Waals surface area (Å²) in [6.45, 7) is -1.23. The summed E-state index contributed by atoms with van der Waals surface area (Å²) < 4.78 is 40.7. The Bertz CT molecular complexity index is 775. The van der Waals surface area contributed by atoms with Crippen molar-refractivity contribution in [2.45, 2.75) is 19.3 Å². The Morgan fingerprint density at radius 1 is 0.963 bits per heavy atom. The maximum absolute atomic E-state index is 12.1. The average Bonchev–Trinajstić information content (AvgIpc) is 2.60. The summed E-state index contributed by atoms with van der Waals surface area (Å²) in [7, 11) is 0. The normalized spacial score (nSPS) is 11.1. The molecular weight excluding hydrogens is 363 g/mol. The van der Waals surface area contributed by atoms with Gasteiger partial charge in [0.25, 0.3) is 5.91 Å². The molecule has 27 heavy (non-hydrogen) atoms. The average molecular weight is 381 g/mol. The number of carbonyl (C=O) groups is 2. The van der Waals surface area contributed by atoms with E-state index in [1.165, 1.54) is 24.3 Å². The van der Waals surface area contributed by atoms with Crippen LogP contribution in [0.1, 0.15) is 21.5 Å². The van der Waals surface area contributed by atoms with E-state index >= 15 is 0 Å². The van der Waals surface area contributed by atoms with E-state index in [2.05, 4.69) is 15.4 Å². The first-order valence-electron chi connectivity index (χ1n) is 7.90. The fraction of sp³-hybridized carbons (Fsp3) is 0.222. The van der Waals surface area contributed by atoms with Gasteiger partial charge in [0, 0.05) is 17.8 Å². The van der Waals surface area contributed by atoms with Gasteiger partial charge in [-0.2, -0.15) is 13.2 Å². The van der Waals surface area contributed by atoms with Gasteiger partial charge in [-0.1, -0.05) is 24.3 Å². The fourth-order valence-corrected chi connectivity index (χ4v) is 2.17. The second kappa shape index (κ2) is 9.04. The summed E-state index contributed by atoms with van der Waals surface area (Å²) in [5, 5.41) is 5.16. The Balaban J connectivity index is 1.82. The van der Waals surface area contributed by atoms with Gasteiger partial charge in [0.1, 0.15) is 6.61 Å². The van der Waals surface area contributed by atoms with Crippen molar-refractivity contribution in [1.82, 2.24) is 5.32 Å². The number of nitrogens with one attached hydrogen (secondary N) is 2. The number of alkyl halides is 3. The van der Waals surface area contributed by atoms with Crippen molar-refractivity contribution < 1.29 is 27.5 Å². The van der Waals surface area contributed by atoms with Crippen LogP contribution in [0, 0.1) is 0 Å². The second-order valence-electron chi connectivity index (χ2n) is 5.67. The lowest BCUT2D eigenvalue weighted by atomic mass is 10.1. The first kappa shape index (κ1) is 20.2. The molecule has 0 bridgehead atoms. The van der Waals surface area contributed by atoms with Gasteiger partial charge in [0.05, 0.1) is 6.61 Å². The van der Waals surface area contributed by atoms with Crippen molar-refractivity contribution in [2.24, 2.45) is 5.73 Å². The van der Waals surface area contributed by atoms with E-state index in [9.17, 15) is 22.8 Å². The molecule has 0 saturated heterocycles. The predicted octanol–water partition coefficient (Wildman–Crippen LogP) is 3.19. The maximum atomic E-state index is 12.1. The summed E-state index contributed by atoms with van der Waals surface area (Å²) >= 11 is 0. The van der Waals surface area contributed by atoms with E-state index in [0.717, 1.165) is 5.56 Å². The SMILES string of the molecule is NC(=O)Nc1ccc(CNC(=O)c2ccc(COCC(F)(F)F)cc2)cc1. The number of anilines is 1. The van der Waals surface area contributed by atoms with Gasteiger partial charge in [-0.3, -0.25) is 4.79 Å². The van der Waals surface area contributed by atoms with E-state index in [-0.39, 0.29) is 19.1 Å². The van der Waals surface area contributed by atoms with Crippen molar-refractivity contribution in [3.05, 3.63) is 65.2 Å². The van der Waals surface area contributed by atoms with E-state index in [1.807, 2.05) is 0 Å². The number of rotatable bonds is 7. The molecule has 0 heterocycles. The van der Waals surface area contributed by atoms with Gasteiger partial charge in [0.15, 0.2) is 0 Å². The van der Waals surface area contributed by atoms with Gasteiger partial charge >= 0.3 is 12.2 Å². The number of hydrogen-bond donors (Lipinski definition) is 3. The Morgan fingerprint density at radius 2 is 1.56 bits per heavy atom.